The summed E-state index contributed by atoms with van der Waals surface area (Å²) in [5.74, 6) is 0.147. The highest BCUT2D eigenvalue weighted by molar-refractivity contribution is 5.15. The standard InChI is InChI=1S/C8H10N4/c1-12-10-7-3-2-6(5-9)4-8(7)11-12/h6H,2-4H2,1H3. The predicted molar refractivity (Wildman–Crippen MR) is 42.1 cm³/mol. The van der Waals surface area contributed by atoms with E-state index >= 15 is 0 Å². The fraction of sp³-hybridized carbons (Fsp3) is 0.625. The van der Waals surface area contributed by atoms with Gasteiger partial charge in [-0.05, 0) is 12.8 Å². The van der Waals surface area contributed by atoms with Gasteiger partial charge in [0.05, 0.1) is 23.4 Å². The van der Waals surface area contributed by atoms with Crippen molar-refractivity contribution >= 4 is 0 Å². The van der Waals surface area contributed by atoms with Crippen LogP contribution in [0.5, 0.6) is 0 Å². The lowest BCUT2D eigenvalue weighted by Gasteiger charge is -2.12. The Morgan fingerprint density at radius 3 is 3.00 bits per heavy atom. The fourth-order valence-corrected chi connectivity index (χ4v) is 1.60. The molecule has 62 valence electrons. The Morgan fingerprint density at radius 2 is 2.25 bits per heavy atom. The molecular formula is C8H10N4. The number of nitriles is 1. The topological polar surface area (TPSA) is 54.5 Å². The van der Waals surface area contributed by atoms with Crippen molar-refractivity contribution in [1.82, 2.24) is 15.0 Å². The maximum Gasteiger partial charge on any atom is 0.0872 e. The van der Waals surface area contributed by atoms with Crippen LogP contribution in [0.3, 0.4) is 0 Å². The van der Waals surface area contributed by atoms with Crippen LogP contribution in [0.4, 0.5) is 0 Å². The van der Waals surface area contributed by atoms with E-state index in [1.807, 2.05) is 7.05 Å². The van der Waals surface area contributed by atoms with Gasteiger partial charge < -0.3 is 0 Å². The first-order chi connectivity index (χ1) is 5.79. The number of nitrogens with zero attached hydrogens (tertiary/aromatic N) is 4. The molecule has 4 nitrogen and oxygen atoms in total. The predicted octanol–water partition coefficient (Wildman–Crippen LogP) is 0.444. The zero-order valence-corrected chi connectivity index (χ0v) is 6.99. The van der Waals surface area contributed by atoms with Gasteiger partial charge >= 0.3 is 0 Å². The Kier molecular flexibility index (Phi) is 1.58. The average molecular weight is 162 g/mol. The molecule has 1 atom stereocenters. The van der Waals surface area contributed by atoms with Crippen molar-refractivity contribution in [2.75, 3.05) is 0 Å². The monoisotopic (exact) mass is 162 g/mol. The number of aryl methyl sites for hydroxylation is 2. The quantitative estimate of drug-likeness (QED) is 0.556. The van der Waals surface area contributed by atoms with Crippen molar-refractivity contribution in [1.29, 1.82) is 5.26 Å². The van der Waals surface area contributed by atoms with Crippen LogP contribution in [0.1, 0.15) is 17.8 Å². The van der Waals surface area contributed by atoms with Crippen molar-refractivity contribution in [3.8, 4) is 6.07 Å². The normalized spacial score (nSPS) is 21.5. The van der Waals surface area contributed by atoms with E-state index in [1.165, 1.54) is 0 Å². The van der Waals surface area contributed by atoms with E-state index in [-0.39, 0.29) is 5.92 Å². The van der Waals surface area contributed by atoms with Crippen LogP contribution in [-0.2, 0) is 19.9 Å². The van der Waals surface area contributed by atoms with E-state index in [9.17, 15) is 0 Å². The summed E-state index contributed by atoms with van der Waals surface area (Å²) in [4.78, 5) is 1.59. The van der Waals surface area contributed by atoms with Crippen molar-refractivity contribution < 1.29 is 0 Å². The third-order valence-electron chi connectivity index (χ3n) is 2.22. The van der Waals surface area contributed by atoms with Gasteiger partial charge in [0, 0.05) is 13.5 Å². The van der Waals surface area contributed by atoms with Crippen molar-refractivity contribution in [2.24, 2.45) is 13.0 Å². The van der Waals surface area contributed by atoms with Gasteiger partial charge in [-0.25, -0.2) is 0 Å². The van der Waals surface area contributed by atoms with E-state index in [0.717, 1.165) is 30.7 Å². The number of hydrogen-bond donors (Lipinski definition) is 0. The summed E-state index contributed by atoms with van der Waals surface area (Å²) < 4.78 is 0. The molecule has 1 aliphatic rings. The summed E-state index contributed by atoms with van der Waals surface area (Å²) in [6.45, 7) is 0. The zero-order chi connectivity index (χ0) is 8.55. The van der Waals surface area contributed by atoms with Crippen LogP contribution in [-0.4, -0.2) is 15.0 Å². The van der Waals surface area contributed by atoms with E-state index in [2.05, 4.69) is 16.3 Å². The Balaban J connectivity index is 2.29. The highest BCUT2D eigenvalue weighted by Gasteiger charge is 2.21. The molecule has 1 unspecified atom stereocenters. The molecule has 0 saturated heterocycles. The van der Waals surface area contributed by atoms with E-state index in [4.69, 9.17) is 5.26 Å². The number of fused-ring (bicyclic) bond motifs is 1. The Bertz CT molecular complexity index is 333. The van der Waals surface area contributed by atoms with E-state index in [0.29, 0.717) is 0 Å². The fourth-order valence-electron chi connectivity index (χ4n) is 1.60. The van der Waals surface area contributed by atoms with E-state index in [1.54, 1.807) is 4.80 Å². The minimum Gasteiger partial charge on any atom is -0.198 e. The van der Waals surface area contributed by atoms with Crippen molar-refractivity contribution in [3.63, 3.8) is 0 Å². The summed E-state index contributed by atoms with van der Waals surface area (Å²) in [5, 5.41) is 17.1. The van der Waals surface area contributed by atoms with Gasteiger partial charge in [0.1, 0.15) is 0 Å². The molecule has 1 aromatic heterocycles. The van der Waals surface area contributed by atoms with Crippen LogP contribution in [0.25, 0.3) is 0 Å². The summed E-state index contributed by atoms with van der Waals surface area (Å²) >= 11 is 0. The van der Waals surface area contributed by atoms with Gasteiger partial charge in [-0.1, -0.05) is 0 Å². The first-order valence-electron chi connectivity index (χ1n) is 4.08. The molecule has 1 aliphatic carbocycles. The summed E-state index contributed by atoms with van der Waals surface area (Å²) in [6.07, 6.45) is 2.61. The molecule has 0 saturated carbocycles. The molecule has 0 aliphatic heterocycles. The summed E-state index contributed by atoms with van der Waals surface area (Å²) in [6, 6.07) is 2.28. The molecule has 12 heavy (non-hydrogen) atoms. The van der Waals surface area contributed by atoms with Crippen molar-refractivity contribution in [3.05, 3.63) is 11.4 Å². The van der Waals surface area contributed by atoms with Crippen LogP contribution >= 0.6 is 0 Å². The molecule has 1 aromatic rings. The van der Waals surface area contributed by atoms with E-state index < -0.39 is 0 Å². The first-order valence-corrected chi connectivity index (χ1v) is 4.08. The lowest BCUT2D eigenvalue weighted by Crippen LogP contribution is -2.12. The molecule has 0 N–H and O–H groups in total. The highest BCUT2D eigenvalue weighted by Crippen LogP contribution is 2.21. The molecule has 0 bridgehead atoms. The van der Waals surface area contributed by atoms with Crippen LogP contribution in [0.15, 0.2) is 0 Å². The van der Waals surface area contributed by atoms with Gasteiger partial charge in [-0.3, -0.25) is 0 Å². The smallest absolute Gasteiger partial charge is 0.0872 e. The Labute approximate surface area is 70.8 Å². The maximum atomic E-state index is 8.72. The van der Waals surface area contributed by atoms with Crippen LogP contribution < -0.4 is 0 Å². The van der Waals surface area contributed by atoms with Gasteiger partial charge in [-0.15, -0.1) is 0 Å². The molecule has 0 radical (unpaired) electrons. The van der Waals surface area contributed by atoms with Gasteiger partial charge in [-0.2, -0.15) is 20.3 Å². The molecule has 1 heterocycles. The van der Waals surface area contributed by atoms with Gasteiger partial charge in [0.2, 0.25) is 0 Å². The lowest BCUT2D eigenvalue weighted by atomic mass is 9.91. The van der Waals surface area contributed by atoms with Gasteiger partial charge in [0.15, 0.2) is 0 Å². The number of hydrogen-bond acceptors (Lipinski definition) is 3. The summed E-state index contributed by atoms with van der Waals surface area (Å²) in [5.41, 5.74) is 2.08. The SMILES string of the molecule is Cn1nc2c(n1)CC(C#N)CC2. The van der Waals surface area contributed by atoms with Gasteiger partial charge in [0.25, 0.3) is 0 Å². The molecule has 0 spiro atoms. The zero-order valence-electron chi connectivity index (χ0n) is 6.99. The largest absolute Gasteiger partial charge is 0.198 e. The molecule has 0 fully saturated rings. The molecule has 0 amide bonds. The molecular weight excluding hydrogens is 152 g/mol. The minimum atomic E-state index is 0.147. The summed E-state index contributed by atoms with van der Waals surface area (Å²) in [7, 11) is 1.82. The molecule has 2 rings (SSSR count). The highest BCUT2D eigenvalue weighted by atomic mass is 15.5. The van der Waals surface area contributed by atoms with Crippen molar-refractivity contribution in [2.45, 2.75) is 19.3 Å². The Hall–Kier alpha value is -1.37. The third kappa shape index (κ3) is 1.07. The first kappa shape index (κ1) is 7.29. The Morgan fingerprint density at radius 1 is 1.50 bits per heavy atom. The number of aromatic nitrogens is 3. The third-order valence-corrected chi connectivity index (χ3v) is 2.22. The molecule has 4 heteroatoms. The van der Waals surface area contributed by atoms with Crippen LogP contribution in [0, 0.1) is 17.2 Å². The number of rotatable bonds is 0. The average Bonchev–Trinajstić information content (AvgIpc) is 2.43. The lowest BCUT2D eigenvalue weighted by molar-refractivity contribution is 0.552. The molecule has 0 aromatic carbocycles. The second-order valence-corrected chi connectivity index (χ2v) is 3.15. The second-order valence-electron chi connectivity index (χ2n) is 3.15. The maximum absolute atomic E-state index is 8.72. The van der Waals surface area contributed by atoms with Crippen LogP contribution in [0.2, 0.25) is 0 Å². The second kappa shape index (κ2) is 2.59. The minimum absolute atomic E-state index is 0.147.